The number of pyridine rings is 1. The van der Waals surface area contributed by atoms with E-state index in [0.29, 0.717) is 17.1 Å². The van der Waals surface area contributed by atoms with Crippen LogP contribution in [-0.4, -0.2) is 16.8 Å². The lowest BCUT2D eigenvalue weighted by atomic mass is 9.95. The van der Waals surface area contributed by atoms with E-state index in [1.54, 1.807) is 36.5 Å². The summed E-state index contributed by atoms with van der Waals surface area (Å²) < 4.78 is 0. The van der Waals surface area contributed by atoms with Crippen LogP contribution in [0.5, 0.6) is 0 Å². The minimum Gasteiger partial charge on any atom is -0.324 e. The van der Waals surface area contributed by atoms with Crippen molar-refractivity contribution >= 4 is 23.3 Å². The lowest BCUT2D eigenvalue weighted by molar-refractivity contribution is -0.123. The minimum absolute atomic E-state index is 0.0801. The van der Waals surface area contributed by atoms with Gasteiger partial charge in [-0.3, -0.25) is 9.59 Å². The van der Waals surface area contributed by atoms with Crippen LogP contribution in [0.25, 0.3) is 0 Å². The highest BCUT2D eigenvalue weighted by atomic mass is 16.2. The lowest BCUT2D eigenvalue weighted by Crippen LogP contribution is -2.28. The molecule has 2 rings (SSSR count). The summed E-state index contributed by atoms with van der Waals surface area (Å²) >= 11 is 0. The number of hydrogen-bond donors (Lipinski definition) is 2. The topological polar surface area (TPSA) is 71.1 Å². The maximum atomic E-state index is 12.1. The lowest BCUT2D eigenvalue weighted by Gasteiger charge is -2.18. The predicted molar refractivity (Wildman–Crippen MR) is 91.5 cm³/mol. The summed E-state index contributed by atoms with van der Waals surface area (Å²) in [6.45, 7) is 7.40. The second-order valence-electron chi connectivity index (χ2n) is 6.41. The van der Waals surface area contributed by atoms with Gasteiger partial charge in [-0.05, 0) is 30.7 Å². The van der Waals surface area contributed by atoms with Crippen LogP contribution in [0.1, 0.15) is 36.7 Å². The van der Waals surface area contributed by atoms with Crippen LogP contribution in [0.2, 0.25) is 0 Å². The molecule has 1 aromatic heterocycles. The molecule has 2 amide bonds. The molecule has 0 fully saturated rings. The molecule has 0 spiro atoms. The van der Waals surface area contributed by atoms with Crippen molar-refractivity contribution in [3.8, 4) is 0 Å². The van der Waals surface area contributed by atoms with E-state index in [2.05, 4.69) is 15.6 Å². The Morgan fingerprint density at radius 1 is 1.04 bits per heavy atom. The van der Waals surface area contributed by atoms with E-state index in [4.69, 9.17) is 0 Å². The van der Waals surface area contributed by atoms with Crippen LogP contribution >= 0.6 is 0 Å². The van der Waals surface area contributed by atoms with Gasteiger partial charge < -0.3 is 10.6 Å². The molecule has 120 valence electrons. The van der Waals surface area contributed by atoms with Gasteiger partial charge in [-0.25, -0.2) is 4.98 Å². The van der Waals surface area contributed by atoms with Gasteiger partial charge in [-0.2, -0.15) is 0 Å². The van der Waals surface area contributed by atoms with Gasteiger partial charge >= 0.3 is 0 Å². The Morgan fingerprint density at radius 3 is 2.26 bits per heavy atom. The van der Waals surface area contributed by atoms with Crippen LogP contribution in [0.4, 0.5) is 11.5 Å². The van der Waals surface area contributed by atoms with Gasteiger partial charge in [-0.15, -0.1) is 0 Å². The number of nitrogens with zero attached hydrogens (tertiary/aromatic N) is 1. The van der Waals surface area contributed by atoms with Crippen LogP contribution in [0.3, 0.4) is 0 Å². The van der Waals surface area contributed by atoms with E-state index in [1.807, 2.05) is 33.8 Å². The summed E-state index contributed by atoms with van der Waals surface area (Å²) in [7, 11) is 0. The molecule has 0 radical (unpaired) electrons. The van der Waals surface area contributed by atoms with Crippen LogP contribution < -0.4 is 10.6 Å². The van der Waals surface area contributed by atoms with Crippen molar-refractivity contribution in [3.05, 3.63) is 53.7 Å². The van der Waals surface area contributed by atoms with Gasteiger partial charge in [0, 0.05) is 11.0 Å². The summed E-state index contributed by atoms with van der Waals surface area (Å²) in [4.78, 5) is 28.3. The largest absolute Gasteiger partial charge is 0.324 e. The van der Waals surface area contributed by atoms with Gasteiger partial charge in [-0.1, -0.05) is 39.0 Å². The zero-order chi connectivity index (χ0) is 17.0. The summed E-state index contributed by atoms with van der Waals surface area (Å²) in [5.74, 6) is 0.151. The number of aryl methyl sites for hydroxylation is 1. The molecule has 5 nitrogen and oxygen atoms in total. The Labute approximate surface area is 136 Å². The van der Waals surface area contributed by atoms with Crippen LogP contribution in [0, 0.1) is 12.3 Å². The highest BCUT2D eigenvalue weighted by Gasteiger charge is 2.21. The number of rotatable bonds is 3. The first-order valence-corrected chi connectivity index (χ1v) is 7.42. The van der Waals surface area contributed by atoms with Crippen molar-refractivity contribution in [2.45, 2.75) is 27.7 Å². The van der Waals surface area contributed by atoms with Crippen molar-refractivity contribution in [3.63, 3.8) is 0 Å². The van der Waals surface area contributed by atoms with Crippen molar-refractivity contribution in [2.24, 2.45) is 5.41 Å². The first kappa shape index (κ1) is 16.7. The molecule has 0 atom stereocenters. The van der Waals surface area contributed by atoms with Crippen LogP contribution in [-0.2, 0) is 4.79 Å². The number of anilines is 2. The molecular weight excluding hydrogens is 290 g/mol. The average molecular weight is 311 g/mol. The molecule has 0 unspecified atom stereocenters. The standard InChI is InChI=1S/C18H21N3O2/c1-12-10-15(21-16(22)13-8-6-5-7-9-13)19-11-14(12)20-17(23)18(2,3)4/h5-11H,1-4H3,(H,20,23)(H,19,21,22). The molecule has 2 N–H and O–H groups in total. The quantitative estimate of drug-likeness (QED) is 0.909. The number of hydrogen-bond acceptors (Lipinski definition) is 3. The molecule has 23 heavy (non-hydrogen) atoms. The molecule has 0 saturated carbocycles. The smallest absolute Gasteiger partial charge is 0.256 e. The van der Waals surface area contributed by atoms with E-state index in [1.165, 1.54) is 0 Å². The van der Waals surface area contributed by atoms with Gasteiger partial charge in [0.05, 0.1) is 11.9 Å². The second-order valence-corrected chi connectivity index (χ2v) is 6.41. The third-order valence-electron chi connectivity index (χ3n) is 3.32. The Hall–Kier alpha value is -2.69. The fourth-order valence-electron chi connectivity index (χ4n) is 1.84. The molecule has 2 aromatic rings. The molecule has 0 bridgehead atoms. The molecular formula is C18H21N3O2. The Morgan fingerprint density at radius 2 is 1.70 bits per heavy atom. The van der Waals surface area contributed by atoms with Crippen molar-refractivity contribution in [1.29, 1.82) is 0 Å². The van der Waals surface area contributed by atoms with E-state index in [-0.39, 0.29) is 11.8 Å². The third-order valence-corrected chi connectivity index (χ3v) is 3.32. The van der Waals surface area contributed by atoms with Gasteiger partial charge in [0.15, 0.2) is 0 Å². The van der Waals surface area contributed by atoms with E-state index in [9.17, 15) is 9.59 Å². The predicted octanol–water partition coefficient (Wildman–Crippen LogP) is 3.63. The zero-order valence-electron chi connectivity index (χ0n) is 13.8. The minimum atomic E-state index is -0.480. The summed E-state index contributed by atoms with van der Waals surface area (Å²) in [6.07, 6.45) is 1.56. The number of carbonyl (C=O) groups is 2. The Bertz CT molecular complexity index is 719. The van der Waals surface area contributed by atoms with E-state index >= 15 is 0 Å². The molecule has 0 aliphatic heterocycles. The number of aromatic nitrogens is 1. The van der Waals surface area contributed by atoms with Crippen molar-refractivity contribution in [2.75, 3.05) is 10.6 Å². The fraction of sp³-hybridized carbons (Fsp3) is 0.278. The normalized spacial score (nSPS) is 11.0. The number of benzene rings is 1. The van der Waals surface area contributed by atoms with Crippen molar-refractivity contribution < 1.29 is 9.59 Å². The highest BCUT2D eigenvalue weighted by molar-refractivity contribution is 6.04. The zero-order valence-corrected chi connectivity index (χ0v) is 13.8. The van der Waals surface area contributed by atoms with Gasteiger partial charge in [0.1, 0.15) is 5.82 Å². The molecule has 1 heterocycles. The first-order chi connectivity index (χ1) is 10.8. The Balaban J connectivity index is 2.10. The monoisotopic (exact) mass is 311 g/mol. The average Bonchev–Trinajstić information content (AvgIpc) is 2.49. The number of nitrogens with one attached hydrogen (secondary N) is 2. The molecule has 1 aromatic carbocycles. The number of amides is 2. The number of carbonyl (C=O) groups excluding carboxylic acids is 2. The molecule has 0 aliphatic rings. The second kappa shape index (κ2) is 6.60. The van der Waals surface area contributed by atoms with E-state index < -0.39 is 5.41 Å². The maximum absolute atomic E-state index is 12.1. The third kappa shape index (κ3) is 4.39. The summed E-state index contributed by atoms with van der Waals surface area (Å²) in [5, 5.41) is 5.60. The van der Waals surface area contributed by atoms with Crippen molar-refractivity contribution in [1.82, 2.24) is 4.98 Å². The summed E-state index contributed by atoms with van der Waals surface area (Å²) in [6, 6.07) is 10.7. The molecule has 0 aliphatic carbocycles. The van der Waals surface area contributed by atoms with Gasteiger partial charge in [0.25, 0.3) is 5.91 Å². The molecule has 5 heteroatoms. The fourth-order valence-corrected chi connectivity index (χ4v) is 1.84. The van der Waals surface area contributed by atoms with Crippen LogP contribution in [0.15, 0.2) is 42.6 Å². The molecule has 0 saturated heterocycles. The SMILES string of the molecule is Cc1cc(NC(=O)c2ccccc2)ncc1NC(=O)C(C)(C)C. The van der Waals surface area contributed by atoms with E-state index in [0.717, 1.165) is 5.56 Å². The van der Waals surface area contributed by atoms with Gasteiger partial charge in [0.2, 0.25) is 5.91 Å². The highest BCUT2D eigenvalue weighted by Crippen LogP contribution is 2.21. The Kier molecular flexibility index (Phi) is 4.79. The maximum Gasteiger partial charge on any atom is 0.256 e. The summed E-state index contributed by atoms with van der Waals surface area (Å²) in [5.41, 5.74) is 1.56. The first-order valence-electron chi connectivity index (χ1n) is 7.42.